The zero-order valence-corrected chi connectivity index (χ0v) is 12.0. The molecule has 0 N–H and O–H groups in total. The zero-order chi connectivity index (χ0) is 13.2. The molecule has 0 aromatic carbocycles. The van der Waals surface area contributed by atoms with Gasteiger partial charge in [-0.05, 0) is 19.9 Å². The lowest BCUT2D eigenvalue weighted by Crippen LogP contribution is -2.34. The molecule has 1 aliphatic heterocycles. The van der Waals surface area contributed by atoms with E-state index in [-0.39, 0.29) is 0 Å². The Hall–Kier alpha value is -1.56. The summed E-state index contributed by atoms with van der Waals surface area (Å²) in [5, 5.41) is 4.52. The number of thioether (sulfide) groups is 1. The summed E-state index contributed by atoms with van der Waals surface area (Å²) in [6.07, 6.45) is 3.49. The quantitative estimate of drug-likeness (QED) is 0.837. The fourth-order valence-corrected chi connectivity index (χ4v) is 3.22. The molecule has 5 nitrogen and oxygen atoms in total. The van der Waals surface area contributed by atoms with Gasteiger partial charge in [-0.1, -0.05) is 0 Å². The van der Waals surface area contributed by atoms with Gasteiger partial charge in [0.1, 0.15) is 0 Å². The first-order chi connectivity index (χ1) is 9.25. The molecule has 3 rings (SSSR count). The molecule has 3 heterocycles. The summed E-state index contributed by atoms with van der Waals surface area (Å²) in [6.45, 7) is 6.09. The van der Waals surface area contributed by atoms with E-state index in [2.05, 4.69) is 26.0 Å². The molecule has 0 saturated carbocycles. The molecule has 19 heavy (non-hydrogen) atoms. The highest BCUT2D eigenvalue weighted by molar-refractivity contribution is 7.99. The van der Waals surface area contributed by atoms with Crippen LogP contribution in [0.3, 0.4) is 0 Å². The number of aryl methyl sites for hydroxylation is 2. The molecular weight excluding hydrogens is 258 g/mol. The monoisotopic (exact) mass is 275 g/mol. The highest BCUT2D eigenvalue weighted by Crippen LogP contribution is 2.23. The summed E-state index contributed by atoms with van der Waals surface area (Å²) in [7, 11) is 0. The highest BCUT2D eigenvalue weighted by Gasteiger charge is 2.19. The summed E-state index contributed by atoms with van der Waals surface area (Å²) >= 11 is 1.99. The van der Waals surface area contributed by atoms with Crippen molar-refractivity contribution >= 4 is 17.6 Å². The summed E-state index contributed by atoms with van der Waals surface area (Å²) in [5.74, 6) is 4.06. The van der Waals surface area contributed by atoms with Crippen molar-refractivity contribution in [3.8, 4) is 5.82 Å². The Kier molecular flexibility index (Phi) is 3.42. The van der Waals surface area contributed by atoms with Crippen LogP contribution in [0.25, 0.3) is 5.82 Å². The van der Waals surface area contributed by atoms with Crippen molar-refractivity contribution in [3.05, 3.63) is 29.8 Å². The molecule has 0 aliphatic carbocycles. The molecule has 1 saturated heterocycles. The summed E-state index contributed by atoms with van der Waals surface area (Å²) in [6, 6.07) is 2.06. The molecule has 2 aromatic heterocycles. The number of anilines is 1. The first-order valence-electron chi connectivity index (χ1n) is 6.43. The second kappa shape index (κ2) is 5.21. The van der Waals surface area contributed by atoms with E-state index >= 15 is 0 Å². The topological polar surface area (TPSA) is 46.8 Å². The van der Waals surface area contributed by atoms with Crippen molar-refractivity contribution in [1.82, 2.24) is 19.7 Å². The van der Waals surface area contributed by atoms with Crippen LogP contribution in [0.5, 0.6) is 0 Å². The minimum atomic E-state index is 0.833. The lowest BCUT2D eigenvalue weighted by Gasteiger charge is -2.28. The molecule has 1 aliphatic rings. The van der Waals surface area contributed by atoms with Crippen LogP contribution in [0, 0.1) is 13.8 Å². The highest BCUT2D eigenvalue weighted by atomic mass is 32.2. The van der Waals surface area contributed by atoms with Crippen LogP contribution in [0.2, 0.25) is 0 Å². The fourth-order valence-electron chi connectivity index (χ4n) is 2.31. The van der Waals surface area contributed by atoms with Gasteiger partial charge in [0.15, 0.2) is 11.6 Å². The predicted molar refractivity (Wildman–Crippen MR) is 78.2 cm³/mol. The van der Waals surface area contributed by atoms with Gasteiger partial charge in [0.2, 0.25) is 0 Å². The van der Waals surface area contributed by atoms with Gasteiger partial charge in [0.25, 0.3) is 0 Å². The van der Waals surface area contributed by atoms with Crippen molar-refractivity contribution < 1.29 is 0 Å². The van der Waals surface area contributed by atoms with Crippen LogP contribution >= 0.6 is 11.8 Å². The van der Waals surface area contributed by atoms with E-state index in [0.717, 1.165) is 47.6 Å². The van der Waals surface area contributed by atoms with E-state index in [1.807, 2.05) is 30.3 Å². The maximum absolute atomic E-state index is 4.52. The summed E-state index contributed by atoms with van der Waals surface area (Å²) in [4.78, 5) is 11.3. The summed E-state index contributed by atoms with van der Waals surface area (Å²) in [5.41, 5.74) is 2.09. The molecule has 0 unspecified atom stereocenters. The molecule has 100 valence electrons. The third-order valence-corrected chi connectivity index (χ3v) is 4.12. The van der Waals surface area contributed by atoms with Crippen molar-refractivity contribution in [2.45, 2.75) is 13.8 Å². The van der Waals surface area contributed by atoms with Gasteiger partial charge in [0.05, 0.1) is 5.69 Å². The van der Waals surface area contributed by atoms with E-state index in [1.165, 1.54) is 0 Å². The van der Waals surface area contributed by atoms with Gasteiger partial charge in [0, 0.05) is 42.7 Å². The Morgan fingerprint density at radius 3 is 2.37 bits per heavy atom. The Morgan fingerprint density at radius 2 is 1.74 bits per heavy atom. The van der Waals surface area contributed by atoms with Gasteiger partial charge < -0.3 is 4.90 Å². The minimum absolute atomic E-state index is 0.833. The van der Waals surface area contributed by atoms with Crippen LogP contribution in [-0.4, -0.2) is 44.3 Å². The van der Waals surface area contributed by atoms with Gasteiger partial charge in [-0.2, -0.15) is 16.9 Å². The van der Waals surface area contributed by atoms with E-state index in [1.54, 1.807) is 12.4 Å². The standard InChI is InChI=1S/C13H17N5S/c1-10-9-11(2)18(16-10)13-12(14-3-4-15-13)17-5-7-19-8-6-17/h3-4,9H,5-8H2,1-2H3. The summed E-state index contributed by atoms with van der Waals surface area (Å²) < 4.78 is 1.89. The van der Waals surface area contributed by atoms with E-state index in [9.17, 15) is 0 Å². The Morgan fingerprint density at radius 1 is 1.05 bits per heavy atom. The van der Waals surface area contributed by atoms with E-state index < -0.39 is 0 Å². The molecule has 0 spiro atoms. The minimum Gasteiger partial charge on any atom is -0.352 e. The van der Waals surface area contributed by atoms with E-state index in [4.69, 9.17) is 0 Å². The first kappa shape index (κ1) is 12.5. The molecular formula is C13H17N5S. The van der Waals surface area contributed by atoms with Crippen LogP contribution in [-0.2, 0) is 0 Å². The van der Waals surface area contributed by atoms with Crippen molar-refractivity contribution in [2.24, 2.45) is 0 Å². The Bertz CT molecular complexity index is 574. The predicted octanol–water partition coefficient (Wildman–Crippen LogP) is 1.83. The number of nitrogens with zero attached hydrogens (tertiary/aromatic N) is 5. The number of aromatic nitrogens is 4. The third kappa shape index (κ3) is 2.45. The maximum atomic E-state index is 4.52. The fraction of sp³-hybridized carbons (Fsp3) is 0.462. The van der Waals surface area contributed by atoms with E-state index in [0.29, 0.717) is 0 Å². The van der Waals surface area contributed by atoms with Crippen LogP contribution < -0.4 is 4.90 Å². The van der Waals surface area contributed by atoms with Crippen LogP contribution in [0.1, 0.15) is 11.4 Å². The van der Waals surface area contributed by atoms with Crippen LogP contribution in [0.4, 0.5) is 5.82 Å². The number of hydrogen-bond donors (Lipinski definition) is 0. The second-order valence-electron chi connectivity index (χ2n) is 4.64. The Balaban J connectivity index is 2.03. The van der Waals surface area contributed by atoms with Crippen molar-refractivity contribution in [3.63, 3.8) is 0 Å². The second-order valence-corrected chi connectivity index (χ2v) is 5.87. The number of hydrogen-bond acceptors (Lipinski definition) is 5. The normalized spacial score (nSPS) is 15.8. The zero-order valence-electron chi connectivity index (χ0n) is 11.2. The lowest BCUT2D eigenvalue weighted by atomic mass is 10.4. The molecule has 6 heteroatoms. The molecule has 0 radical (unpaired) electrons. The molecule has 0 amide bonds. The van der Waals surface area contributed by atoms with Gasteiger partial charge >= 0.3 is 0 Å². The first-order valence-corrected chi connectivity index (χ1v) is 7.58. The average Bonchev–Trinajstić information content (AvgIpc) is 2.79. The lowest BCUT2D eigenvalue weighted by molar-refractivity contribution is 0.767. The SMILES string of the molecule is Cc1cc(C)n(-c2nccnc2N2CCSCC2)n1. The van der Waals surface area contributed by atoms with Crippen molar-refractivity contribution in [2.75, 3.05) is 29.5 Å². The average molecular weight is 275 g/mol. The molecule has 2 aromatic rings. The van der Waals surface area contributed by atoms with Gasteiger partial charge in [-0.15, -0.1) is 0 Å². The van der Waals surface area contributed by atoms with Crippen molar-refractivity contribution in [1.29, 1.82) is 0 Å². The Labute approximate surface area is 117 Å². The number of rotatable bonds is 2. The molecule has 0 atom stereocenters. The third-order valence-electron chi connectivity index (χ3n) is 3.18. The van der Waals surface area contributed by atoms with Gasteiger partial charge in [-0.3, -0.25) is 0 Å². The smallest absolute Gasteiger partial charge is 0.197 e. The largest absolute Gasteiger partial charge is 0.352 e. The molecule has 1 fully saturated rings. The molecule has 0 bridgehead atoms. The van der Waals surface area contributed by atoms with Gasteiger partial charge in [-0.25, -0.2) is 14.6 Å². The maximum Gasteiger partial charge on any atom is 0.197 e. The van der Waals surface area contributed by atoms with Crippen LogP contribution in [0.15, 0.2) is 18.5 Å².